The molecule has 7 nitrogen and oxygen atoms in total. The van der Waals surface area contributed by atoms with E-state index >= 15 is 0 Å². The van der Waals surface area contributed by atoms with Gasteiger partial charge >= 0.3 is 0 Å². The van der Waals surface area contributed by atoms with Crippen molar-refractivity contribution in [3.05, 3.63) is 119 Å². The summed E-state index contributed by atoms with van der Waals surface area (Å²) in [6.45, 7) is 8.10. The van der Waals surface area contributed by atoms with Crippen LogP contribution in [0.2, 0.25) is 0 Å². The van der Waals surface area contributed by atoms with E-state index in [1.54, 1.807) is 0 Å². The predicted molar refractivity (Wildman–Crippen MR) is 188 cm³/mol. The standard InChI is InChI=1S/C39H34N6O/c1-38(2)39(3,4)45(46)37(44-38)36-32-21-19-30(42-32)34(24-11-7-5-8-12-24)28-17-15-26(40-28)23-27-16-18-29(41-27)35(25-13-9-6-10-14-25)31-20-22-33(36)43-31/h5-23,40,43,46H,1-4H3. The highest BCUT2D eigenvalue weighted by Crippen LogP contribution is 2.40. The van der Waals surface area contributed by atoms with Crippen LogP contribution in [-0.2, 0) is 0 Å². The second-order valence-corrected chi connectivity index (χ2v) is 13.0. The lowest BCUT2D eigenvalue weighted by molar-refractivity contribution is -0.0992. The van der Waals surface area contributed by atoms with Gasteiger partial charge in [-0.3, -0.25) is 10.2 Å². The van der Waals surface area contributed by atoms with Gasteiger partial charge < -0.3 is 9.97 Å². The van der Waals surface area contributed by atoms with E-state index in [2.05, 4.69) is 64.6 Å². The summed E-state index contributed by atoms with van der Waals surface area (Å²) in [6, 6.07) is 30.9. The molecule has 6 heterocycles. The molecule has 226 valence electrons. The van der Waals surface area contributed by atoms with Gasteiger partial charge in [0.1, 0.15) is 0 Å². The van der Waals surface area contributed by atoms with Crippen LogP contribution in [-0.4, -0.2) is 47.1 Å². The molecule has 0 spiro atoms. The molecule has 3 aromatic heterocycles. The maximum Gasteiger partial charge on any atom is 0.160 e. The zero-order valence-electron chi connectivity index (χ0n) is 26.2. The molecule has 0 radical (unpaired) electrons. The molecule has 5 aromatic rings. The Bertz CT molecular complexity index is 2230. The quantitative estimate of drug-likeness (QED) is 0.188. The Morgan fingerprint density at radius 3 is 1.72 bits per heavy atom. The number of amidine groups is 1. The summed E-state index contributed by atoms with van der Waals surface area (Å²) >= 11 is 0. The summed E-state index contributed by atoms with van der Waals surface area (Å²) in [5.74, 6) is 0.474. The molecular formula is C39H34N6O. The van der Waals surface area contributed by atoms with E-state index in [-0.39, 0.29) is 0 Å². The molecule has 3 aliphatic heterocycles. The van der Waals surface area contributed by atoms with Crippen molar-refractivity contribution in [3.63, 3.8) is 0 Å². The van der Waals surface area contributed by atoms with Gasteiger partial charge in [0.05, 0.1) is 44.9 Å². The average molecular weight is 603 g/mol. The van der Waals surface area contributed by atoms with E-state index in [0.29, 0.717) is 11.5 Å². The van der Waals surface area contributed by atoms with Gasteiger partial charge in [0.2, 0.25) is 0 Å². The fourth-order valence-corrected chi connectivity index (χ4v) is 6.33. The Balaban J connectivity index is 1.54. The molecule has 0 atom stereocenters. The van der Waals surface area contributed by atoms with Crippen LogP contribution < -0.4 is 0 Å². The Kier molecular flexibility index (Phi) is 6.24. The van der Waals surface area contributed by atoms with Crippen molar-refractivity contribution in [3.8, 4) is 22.3 Å². The largest absolute Gasteiger partial charge is 0.355 e. The number of aromatic nitrogens is 4. The normalized spacial score (nSPS) is 16.2. The fourth-order valence-electron chi connectivity index (χ4n) is 6.33. The zero-order chi connectivity index (χ0) is 31.6. The maximum absolute atomic E-state index is 11.7. The molecule has 0 saturated heterocycles. The second-order valence-electron chi connectivity index (χ2n) is 13.0. The molecule has 3 N–H and O–H groups in total. The van der Waals surface area contributed by atoms with Crippen LogP contribution in [0.25, 0.3) is 68.6 Å². The minimum atomic E-state index is -0.648. The predicted octanol–water partition coefficient (Wildman–Crippen LogP) is 9.00. The minimum absolute atomic E-state index is 0.474. The second kappa shape index (κ2) is 10.3. The third-order valence-electron chi connectivity index (χ3n) is 9.54. The summed E-state index contributed by atoms with van der Waals surface area (Å²) in [4.78, 5) is 22.7. The first kappa shape index (κ1) is 28.0. The van der Waals surface area contributed by atoms with Crippen molar-refractivity contribution < 1.29 is 5.21 Å². The first-order valence-corrected chi connectivity index (χ1v) is 15.5. The number of fused-ring (bicyclic) bond motifs is 8. The van der Waals surface area contributed by atoms with E-state index in [9.17, 15) is 5.21 Å². The molecule has 0 aliphatic carbocycles. The highest BCUT2D eigenvalue weighted by molar-refractivity contribution is 6.09. The van der Waals surface area contributed by atoms with Crippen LogP contribution in [0.4, 0.5) is 0 Å². The van der Waals surface area contributed by atoms with E-state index in [0.717, 1.165) is 67.0 Å². The maximum atomic E-state index is 11.7. The molecule has 8 bridgehead atoms. The van der Waals surface area contributed by atoms with E-state index in [1.165, 1.54) is 5.06 Å². The van der Waals surface area contributed by atoms with Crippen LogP contribution >= 0.6 is 0 Å². The zero-order valence-corrected chi connectivity index (χ0v) is 26.2. The summed E-state index contributed by atoms with van der Waals surface area (Å²) < 4.78 is 0. The van der Waals surface area contributed by atoms with Gasteiger partial charge in [0.15, 0.2) is 5.84 Å². The molecule has 0 saturated carbocycles. The van der Waals surface area contributed by atoms with E-state index < -0.39 is 11.1 Å². The molecular weight excluding hydrogens is 568 g/mol. The van der Waals surface area contributed by atoms with Gasteiger partial charge in [-0.05, 0) is 93.5 Å². The lowest BCUT2D eigenvalue weighted by Crippen LogP contribution is -2.51. The van der Waals surface area contributed by atoms with Crippen molar-refractivity contribution in [1.82, 2.24) is 25.0 Å². The van der Waals surface area contributed by atoms with Crippen molar-refractivity contribution in [2.24, 2.45) is 4.99 Å². The van der Waals surface area contributed by atoms with Crippen molar-refractivity contribution in [1.29, 1.82) is 0 Å². The number of rotatable bonds is 3. The lowest BCUT2D eigenvalue weighted by atomic mass is 9.84. The Labute approximate surface area is 267 Å². The molecule has 7 heteroatoms. The molecule has 0 amide bonds. The first-order valence-electron chi connectivity index (χ1n) is 15.5. The number of hydroxylamine groups is 2. The smallest absolute Gasteiger partial charge is 0.160 e. The van der Waals surface area contributed by atoms with Gasteiger partial charge in [-0.1, -0.05) is 60.7 Å². The number of hydrogen-bond acceptors (Lipinski definition) is 5. The fraction of sp³-hybridized carbons (Fsp3) is 0.154. The minimum Gasteiger partial charge on any atom is -0.355 e. The summed E-state index contributed by atoms with van der Waals surface area (Å²) in [5, 5.41) is 13.0. The molecule has 46 heavy (non-hydrogen) atoms. The van der Waals surface area contributed by atoms with Gasteiger partial charge in [-0.2, -0.15) is 0 Å². The summed E-state index contributed by atoms with van der Waals surface area (Å²) in [7, 11) is 0. The van der Waals surface area contributed by atoms with Crippen LogP contribution in [0.5, 0.6) is 0 Å². The number of aromatic amines is 2. The van der Waals surface area contributed by atoms with Crippen molar-refractivity contribution >= 4 is 52.2 Å². The topological polar surface area (TPSA) is 93.2 Å². The van der Waals surface area contributed by atoms with E-state index in [4.69, 9.17) is 15.0 Å². The number of aliphatic imine (C=N–C) groups is 1. The number of nitrogens with one attached hydrogen (secondary N) is 2. The summed E-state index contributed by atoms with van der Waals surface area (Å²) in [6.07, 6.45) is 8.17. The molecule has 0 fully saturated rings. The highest BCUT2D eigenvalue weighted by Gasteiger charge is 2.49. The Morgan fingerprint density at radius 1 is 0.587 bits per heavy atom. The van der Waals surface area contributed by atoms with Crippen molar-refractivity contribution in [2.75, 3.05) is 0 Å². The average Bonchev–Trinajstić information content (AvgIpc) is 3.89. The Morgan fingerprint density at radius 2 is 1.11 bits per heavy atom. The van der Waals surface area contributed by atoms with Gasteiger partial charge in [0.25, 0.3) is 0 Å². The SMILES string of the molecule is CC1(C)N=C(c2c3nc(c(-c4ccccc4)c4ccc(cc5nc(c(-c6ccccc6)c6ccc2[nH]6)C=C5)[nH]4)C=C3)N(O)C1(C)C. The number of hydrogen-bond donors (Lipinski definition) is 3. The molecule has 0 unspecified atom stereocenters. The van der Waals surface area contributed by atoms with Crippen LogP contribution in [0, 0.1) is 0 Å². The lowest BCUT2D eigenvalue weighted by Gasteiger charge is -2.36. The van der Waals surface area contributed by atoms with Crippen molar-refractivity contribution in [2.45, 2.75) is 38.8 Å². The number of nitrogens with zero attached hydrogens (tertiary/aromatic N) is 4. The summed E-state index contributed by atoms with van der Waals surface area (Å²) in [5.41, 5.74) is 10.4. The number of benzene rings is 2. The molecule has 2 aromatic carbocycles. The van der Waals surface area contributed by atoms with Crippen LogP contribution in [0.1, 0.15) is 56.0 Å². The van der Waals surface area contributed by atoms with Gasteiger partial charge in [-0.25, -0.2) is 15.0 Å². The monoisotopic (exact) mass is 602 g/mol. The molecule has 3 aliphatic rings. The van der Waals surface area contributed by atoms with E-state index in [1.807, 2.05) is 88.4 Å². The van der Waals surface area contributed by atoms with Crippen LogP contribution in [0.3, 0.4) is 0 Å². The first-order chi connectivity index (χ1) is 22.2. The third-order valence-corrected chi connectivity index (χ3v) is 9.54. The van der Waals surface area contributed by atoms with Gasteiger partial charge in [-0.15, -0.1) is 0 Å². The van der Waals surface area contributed by atoms with Crippen LogP contribution in [0.15, 0.2) is 96.0 Å². The van der Waals surface area contributed by atoms with Gasteiger partial charge in [0, 0.05) is 27.7 Å². The third kappa shape index (κ3) is 4.43. The number of H-pyrrole nitrogens is 2. The Hall–Kier alpha value is -5.53. The molecule has 8 rings (SSSR count). The highest BCUT2D eigenvalue weighted by atomic mass is 16.5.